The van der Waals surface area contributed by atoms with E-state index in [1.54, 1.807) is 24.1 Å². The zero-order valence-corrected chi connectivity index (χ0v) is 23.0. The molecule has 0 bridgehead atoms. The third kappa shape index (κ3) is 5.48. The van der Waals surface area contributed by atoms with Gasteiger partial charge < -0.3 is 25.0 Å². The standard InChI is InChI=1S/C28H35FN4O5S/c1-18-23(17-34)27-22(21-11-8-19(38-2)16-26(21)30-27)12-15-32(28(35)31-25-7-4-3-6-24(25)29)13-5-14-33(18)39(36,37)20-9-10-20/h3-4,6-8,11,16,18,20,23,30,34H,5,9-10,12-15,17H2,1-2H3,(H,31,35). The maximum atomic E-state index is 14.3. The van der Waals surface area contributed by atoms with Crippen LogP contribution in [0.4, 0.5) is 14.9 Å². The average Bonchev–Trinajstić information content (AvgIpc) is 3.73. The normalized spacial score (nSPS) is 21.3. The summed E-state index contributed by atoms with van der Waals surface area (Å²) >= 11 is 0. The predicted molar refractivity (Wildman–Crippen MR) is 148 cm³/mol. The molecule has 0 radical (unpaired) electrons. The van der Waals surface area contributed by atoms with E-state index in [0.29, 0.717) is 44.5 Å². The Morgan fingerprint density at radius 2 is 1.95 bits per heavy atom. The van der Waals surface area contributed by atoms with Gasteiger partial charge in [0.25, 0.3) is 0 Å². The van der Waals surface area contributed by atoms with Gasteiger partial charge in [0.15, 0.2) is 0 Å². The Kier molecular flexibility index (Phi) is 7.84. The largest absolute Gasteiger partial charge is 0.497 e. The van der Waals surface area contributed by atoms with Crippen LogP contribution in [0.15, 0.2) is 42.5 Å². The van der Waals surface area contributed by atoms with Gasteiger partial charge in [0.2, 0.25) is 10.0 Å². The quantitative estimate of drug-likeness (QED) is 0.437. The summed E-state index contributed by atoms with van der Waals surface area (Å²) < 4.78 is 48.2. The van der Waals surface area contributed by atoms with E-state index in [2.05, 4.69) is 10.3 Å². The van der Waals surface area contributed by atoms with Crippen molar-refractivity contribution in [1.82, 2.24) is 14.2 Å². The fraction of sp³-hybridized carbons (Fsp3) is 0.464. The molecule has 3 N–H and O–H groups in total. The minimum absolute atomic E-state index is 0.0867. The number of aromatic amines is 1. The van der Waals surface area contributed by atoms with Gasteiger partial charge in [-0.1, -0.05) is 12.1 Å². The van der Waals surface area contributed by atoms with E-state index in [4.69, 9.17) is 4.74 Å². The molecule has 39 heavy (non-hydrogen) atoms. The molecule has 2 heterocycles. The summed E-state index contributed by atoms with van der Waals surface area (Å²) in [6.07, 6.45) is 2.13. The number of aliphatic hydroxyl groups is 1. The number of nitrogens with one attached hydrogen (secondary N) is 2. The third-order valence-electron chi connectivity index (χ3n) is 7.86. The van der Waals surface area contributed by atoms with Gasteiger partial charge in [0.1, 0.15) is 11.6 Å². The van der Waals surface area contributed by atoms with Crippen molar-refractivity contribution in [1.29, 1.82) is 0 Å². The van der Waals surface area contributed by atoms with Gasteiger partial charge >= 0.3 is 6.03 Å². The Morgan fingerprint density at radius 1 is 1.18 bits per heavy atom. The molecule has 2 atom stereocenters. The molecule has 2 aliphatic rings. The highest BCUT2D eigenvalue weighted by Gasteiger charge is 2.44. The number of hydrogen-bond acceptors (Lipinski definition) is 5. The van der Waals surface area contributed by atoms with Crippen LogP contribution in [0.25, 0.3) is 10.9 Å². The summed E-state index contributed by atoms with van der Waals surface area (Å²) in [5, 5.41) is 13.8. The zero-order valence-electron chi connectivity index (χ0n) is 22.2. The maximum Gasteiger partial charge on any atom is 0.321 e. The molecule has 1 aliphatic carbocycles. The summed E-state index contributed by atoms with van der Waals surface area (Å²) in [5.41, 5.74) is 2.55. The Hall–Kier alpha value is -3.15. The van der Waals surface area contributed by atoms with Crippen molar-refractivity contribution in [2.45, 2.75) is 49.8 Å². The molecule has 0 saturated heterocycles. The number of aromatic nitrogens is 1. The van der Waals surface area contributed by atoms with Crippen LogP contribution in [0, 0.1) is 5.82 Å². The highest BCUT2D eigenvalue weighted by atomic mass is 32.2. The first-order valence-corrected chi connectivity index (χ1v) is 14.9. The molecule has 9 nitrogen and oxygen atoms in total. The van der Waals surface area contributed by atoms with E-state index in [1.165, 1.54) is 16.4 Å². The number of benzene rings is 2. The summed E-state index contributed by atoms with van der Waals surface area (Å²) in [6.45, 7) is 2.43. The maximum absolute atomic E-state index is 14.3. The van der Waals surface area contributed by atoms with Gasteiger partial charge in [-0.15, -0.1) is 0 Å². The lowest BCUT2D eigenvalue weighted by atomic mass is 9.93. The second kappa shape index (κ2) is 11.1. The molecule has 11 heteroatoms. The molecule has 1 aliphatic heterocycles. The molecule has 3 aromatic rings. The van der Waals surface area contributed by atoms with E-state index >= 15 is 0 Å². The highest BCUT2D eigenvalue weighted by Crippen LogP contribution is 2.38. The van der Waals surface area contributed by atoms with Crippen LogP contribution in [0.5, 0.6) is 5.75 Å². The fourth-order valence-electron chi connectivity index (χ4n) is 5.51. The Morgan fingerprint density at radius 3 is 2.64 bits per heavy atom. The number of H-pyrrole nitrogens is 1. The molecule has 1 aromatic heterocycles. The number of sulfonamides is 1. The van der Waals surface area contributed by atoms with Crippen molar-refractivity contribution >= 4 is 32.6 Å². The van der Waals surface area contributed by atoms with Gasteiger partial charge in [-0.2, -0.15) is 4.31 Å². The van der Waals surface area contributed by atoms with Crippen molar-refractivity contribution in [3.8, 4) is 5.75 Å². The Bertz CT molecular complexity index is 1460. The molecule has 2 aromatic carbocycles. The van der Waals surface area contributed by atoms with Gasteiger partial charge in [0.05, 0.1) is 24.7 Å². The average molecular weight is 559 g/mol. The van der Waals surface area contributed by atoms with E-state index < -0.39 is 39.1 Å². The van der Waals surface area contributed by atoms with Gasteiger partial charge in [-0.25, -0.2) is 17.6 Å². The molecular weight excluding hydrogens is 523 g/mol. The fourth-order valence-corrected chi connectivity index (χ4v) is 7.62. The minimum atomic E-state index is -3.58. The lowest BCUT2D eigenvalue weighted by Crippen LogP contribution is -2.46. The number of fused-ring (bicyclic) bond motifs is 3. The molecule has 2 amide bonds. The van der Waals surface area contributed by atoms with Crippen molar-refractivity contribution in [2.75, 3.05) is 38.7 Å². The van der Waals surface area contributed by atoms with Crippen LogP contribution in [0.2, 0.25) is 0 Å². The molecular formula is C28H35FN4O5S. The van der Waals surface area contributed by atoms with Crippen molar-refractivity contribution < 1.29 is 27.4 Å². The number of amides is 2. The van der Waals surface area contributed by atoms with Crippen LogP contribution in [0.1, 0.15) is 43.4 Å². The number of aliphatic hydroxyl groups excluding tert-OH is 1. The summed E-state index contributed by atoms with van der Waals surface area (Å²) in [6, 6.07) is 10.7. The van der Waals surface area contributed by atoms with Crippen LogP contribution in [-0.2, 0) is 16.4 Å². The van der Waals surface area contributed by atoms with E-state index in [0.717, 1.165) is 22.2 Å². The SMILES string of the molecule is COc1ccc2c3c([nH]c2c1)C(CO)C(C)N(S(=O)(=O)C1CC1)CCCN(C(=O)Nc1ccccc1F)CC3. The number of anilines is 1. The van der Waals surface area contributed by atoms with Crippen molar-refractivity contribution in [3.63, 3.8) is 0 Å². The number of carbonyl (C=O) groups excluding carboxylic acids is 1. The number of rotatable bonds is 5. The number of halogens is 1. The van der Waals surface area contributed by atoms with E-state index in [9.17, 15) is 22.7 Å². The van der Waals surface area contributed by atoms with Crippen LogP contribution >= 0.6 is 0 Å². The number of nitrogens with zero attached hydrogens (tertiary/aromatic N) is 2. The third-order valence-corrected chi connectivity index (χ3v) is 10.3. The first kappa shape index (κ1) is 27.4. The second-order valence-electron chi connectivity index (χ2n) is 10.3. The lowest BCUT2D eigenvalue weighted by Gasteiger charge is -2.33. The number of urea groups is 1. The predicted octanol–water partition coefficient (Wildman–Crippen LogP) is 4.05. The number of para-hydroxylation sites is 1. The zero-order chi connectivity index (χ0) is 27.7. The molecule has 0 spiro atoms. The first-order chi connectivity index (χ1) is 18.7. The Labute approximate surface area is 228 Å². The van der Waals surface area contributed by atoms with Crippen LogP contribution in [0.3, 0.4) is 0 Å². The molecule has 210 valence electrons. The van der Waals surface area contributed by atoms with Crippen molar-refractivity contribution in [3.05, 3.63) is 59.5 Å². The van der Waals surface area contributed by atoms with Gasteiger partial charge in [-0.05, 0) is 62.4 Å². The summed E-state index contributed by atoms with van der Waals surface area (Å²) in [7, 11) is -1.99. The van der Waals surface area contributed by atoms with Gasteiger partial charge in [0, 0.05) is 54.3 Å². The molecule has 1 saturated carbocycles. The molecule has 5 rings (SSSR count). The Balaban J connectivity index is 1.55. The summed E-state index contributed by atoms with van der Waals surface area (Å²) in [5.74, 6) is -0.357. The smallest absolute Gasteiger partial charge is 0.321 e. The monoisotopic (exact) mass is 558 g/mol. The second-order valence-corrected chi connectivity index (χ2v) is 12.5. The van der Waals surface area contributed by atoms with Crippen LogP contribution in [-0.4, -0.2) is 78.4 Å². The topological polar surface area (TPSA) is 115 Å². The number of hydrogen-bond donors (Lipinski definition) is 3. The number of ether oxygens (including phenoxy) is 1. The highest BCUT2D eigenvalue weighted by molar-refractivity contribution is 7.90. The molecule has 1 fully saturated rings. The number of carbonyl (C=O) groups is 1. The van der Waals surface area contributed by atoms with Gasteiger partial charge in [-0.3, -0.25) is 0 Å². The molecule has 2 unspecified atom stereocenters. The lowest BCUT2D eigenvalue weighted by molar-refractivity contribution is 0.194. The summed E-state index contributed by atoms with van der Waals surface area (Å²) in [4.78, 5) is 18.3. The van der Waals surface area contributed by atoms with Crippen molar-refractivity contribution in [2.24, 2.45) is 0 Å². The number of methoxy groups -OCH3 is 1. The van der Waals surface area contributed by atoms with Crippen LogP contribution < -0.4 is 10.1 Å². The van der Waals surface area contributed by atoms with E-state index in [1.807, 2.05) is 25.1 Å². The minimum Gasteiger partial charge on any atom is -0.497 e. The van der Waals surface area contributed by atoms with E-state index in [-0.39, 0.29) is 18.8 Å². The first-order valence-electron chi connectivity index (χ1n) is 13.3.